The number of rotatable bonds is 3. The van der Waals surface area contributed by atoms with Crippen molar-refractivity contribution in [3.05, 3.63) is 44.0 Å². The van der Waals surface area contributed by atoms with Crippen molar-refractivity contribution < 1.29 is 9.72 Å². The van der Waals surface area contributed by atoms with Crippen LogP contribution in [0.3, 0.4) is 0 Å². The van der Waals surface area contributed by atoms with E-state index < -0.39 is 4.92 Å². The molecule has 24 heavy (non-hydrogen) atoms. The Morgan fingerprint density at radius 3 is 2.79 bits per heavy atom. The number of hydrogen-bond donors (Lipinski definition) is 1. The fourth-order valence-electron chi connectivity index (χ4n) is 3.97. The average Bonchev–Trinajstić information content (AvgIpc) is 2.92. The number of piperidine rings is 3. The first-order chi connectivity index (χ1) is 11.5. The molecule has 3 atom stereocenters. The molecule has 1 amide bonds. The molecule has 0 radical (unpaired) electrons. The zero-order valence-electron chi connectivity index (χ0n) is 13.0. The van der Waals surface area contributed by atoms with Gasteiger partial charge in [-0.2, -0.15) is 0 Å². The molecule has 5 aliphatic rings. The molecule has 1 N–H and O–H groups in total. The van der Waals surface area contributed by atoms with Crippen LogP contribution in [0.4, 0.5) is 0 Å². The molecule has 128 valence electrons. The van der Waals surface area contributed by atoms with Crippen molar-refractivity contribution in [2.75, 3.05) is 19.6 Å². The third-order valence-electron chi connectivity index (χ3n) is 5.32. The van der Waals surface area contributed by atoms with Crippen molar-refractivity contribution in [1.82, 2.24) is 10.2 Å². The quantitative estimate of drug-likeness (QED) is 0.610. The molecule has 6 nitrogen and oxygen atoms in total. The van der Waals surface area contributed by atoms with Crippen LogP contribution in [-0.4, -0.2) is 46.7 Å². The molecule has 4 heterocycles. The lowest BCUT2D eigenvalue weighted by molar-refractivity contribution is -0.419. The van der Waals surface area contributed by atoms with Gasteiger partial charge in [-0.15, -0.1) is 11.8 Å². The minimum atomic E-state index is -0.410. The van der Waals surface area contributed by atoms with Crippen LogP contribution in [-0.2, 0) is 4.79 Å². The number of hydrogen-bond acceptors (Lipinski definition) is 5. The maximum Gasteiger partial charge on any atom is 0.266 e. The summed E-state index contributed by atoms with van der Waals surface area (Å²) in [6, 6.07) is 0.181. The second-order valence-corrected chi connectivity index (χ2v) is 8.31. The van der Waals surface area contributed by atoms with E-state index in [2.05, 4.69) is 10.2 Å². The molecular weight excluding hydrogens is 350 g/mol. The Balaban J connectivity index is 1.47. The minimum absolute atomic E-state index is 0.0623. The van der Waals surface area contributed by atoms with Crippen molar-refractivity contribution in [1.29, 1.82) is 0 Å². The van der Waals surface area contributed by atoms with Gasteiger partial charge in [-0.25, -0.2) is 0 Å². The first-order valence-corrected chi connectivity index (χ1v) is 9.42. The van der Waals surface area contributed by atoms with E-state index in [0.29, 0.717) is 15.9 Å². The number of halogens is 1. The van der Waals surface area contributed by atoms with Crippen molar-refractivity contribution in [3.63, 3.8) is 0 Å². The number of nitrogens with one attached hydrogen (secondary N) is 1. The summed E-state index contributed by atoms with van der Waals surface area (Å²) in [7, 11) is 0. The molecule has 8 heteroatoms. The van der Waals surface area contributed by atoms with Crippen LogP contribution >= 0.6 is 23.4 Å². The molecule has 5 rings (SSSR count). The van der Waals surface area contributed by atoms with Gasteiger partial charge >= 0.3 is 0 Å². The molecule has 0 aromatic carbocycles. The maximum atomic E-state index is 12.7. The van der Waals surface area contributed by atoms with Crippen molar-refractivity contribution in [2.24, 2.45) is 11.8 Å². The van der Waals surface area contributed by atoms with E-state index in [0.717, 1.165) is 32.5 Å². The average molecular weight is 368 g/mol. The van der Waals surface area contributed by atoms with E-state index in [1.807, 2.05) is 0 Å². The SMILES string of the molecule is O=C(N[C@H]1CN2CCC1CC2)C1=C(Cl)C2C=CC([N+](=O)[O-])=CC2S1. The Kier molecular flexibility index (Phi) is 4.18. The summed E-state index contributed by atoms with van der Waals surface area (Å²) < 4.78 is 0. The molecule has 0 aromatic heterocycles. The zero-order chi connectivity index (χ0) is 16.8. The van der Waals surface area contributed by atoms with Crippen LogP contribution in [0, 0.1) is 22.0 Å². The molecule has 2 bridgehead atoms. The molecule has 3 fully saturated rings. The third kappa shape index (κ3) is 2.78. The van der Waals surface area contributed by atoms with Crippen LogP contribution in [0.2, 0.25) is 0 Å². The van der Waals surface area contributed by atoms with Gasteiger partial charge in [-0.1, -0.05) is 17.7 Å². The van der Waals surface area contributed by atoms with Gasteiger partial charge in [0.05, 0.1) is 9.83 Å². The monoisotopic (exact) mass is 367 g/mol. The highest BCUT2D eigenvalue weighted by Gasteiger charge is 2.40. The number of carbonyl (C=O) groups is 1. The lowest BCUT2D eigenvalue weighted by Gasteiger charge is -2.44. The Morgan fingerprint density at radius 1 is 1.42 bits per heavy atom. The van der Waals surface area contributed by atoms with E-state index in [4.69, 9.17) is 11.6 Å². The number of nitrogens with zero attached hydrogens (tertiary/aromatic N) is 2. The predicted molar refractivity (Wildman–Crippen MR) is 93.1 cm³/mol. The summed E-state index contributed by atoms with van der Waals surface area (Å²) in [5.74, 6) is 0.267. The number of carbonyl (C=O) groups excluding carboxylic acids is 1. The van der Waals surface area contributed by atoms with E-state index in [1.165, 1.54) is 17.8 Å². The lowest BCUT2D eigenvalue weighted by Crippen LogP contribution is -2.57. The van der Waals surface area contributed by atoms with Crippen LogP contribution in [0.5, 0.6) is 0 Å². The maximum absolute atomic E-state index is 12.7. The Hall–Kier alpha value is -1.31. The molecule has 1 aliphatic carbocycles. The van der Waals surface area contributed by atoms with Crippen molar-refractivity contribution in [2.45, 2.75) is 24.1 Å². The highest BCUT2D eigenvalue weighted by Crippen LogP contribution is 2.47. The third-order valence-corrected chi connectivity index (χ3v) is 7.21. The molecule has 2 unspecified atom stereocenters. The van der Waals surface area contributed by atoms with E-state index in [1.54, 1.807) is 12.2 Å². The van der Waals surface area contributed by atoms with Gasteiger partial charge in [0.1, 0.15) is 0 Å². The van der Waals surface area contributed by atoms with Crippen molar-refractivity contribution in [3.8, 4) is 0 Å². The Bertz CT molecular complexity index is 682. The first-order valence-electron chi connectivity index (χ1n) is 8.17. The highest BCUT2D eigenvalue weighted by molar-refractivity contribution is 8.05. The van der Waals surface area contributed by atoms with Gasteiger partial charge in [-0.05, 0) is 31.8 Å². The van der Waals surface area contributed by atoms with Crippen LogP contribution < -0.4 is 5.32 Å². The molecule has 0 spiro atoms. The van der Waals surface area contributed by atoms with Gasteiger partial charge in [0.25, 0.3) is 11.6 Å². The topological polar surface area (TPSA) is 75.5 Å². The second-order valence-electron chi connectivity index (χ2n) is 6.71. The largest absolute Gasteiger partial charge is 0.347 e. The van der Waals surface area contributed by atoms with Crippen LogP contribution in [0.15, 0.2) is 33.9 Å². The van der Waals surface area contributed by atoms with Gasteiger partial charge in [0.15, 0.2) is 0 Å². The van der Waals surface area contributed by atoms with Gasteiger partial charge in [0, 0.05) is 40.9 Å². The molecule has 3 saturated heterocycles. The summed E-state index contributed by atoms with van der Waals surface area (Å²) in [5, 5.41) is 14.4. The predicted octanol–water partition coefficient (Wildman–Crippen LogP) is 2.11. The van der Waals surface area contributed by atoms with Gasteiger partial charge in [0.2, 0.25) is 0 Å². The summed E-state index contributed by atoms with van der Waals surface area (Å²) >= 11 is 7.74. The van der Waals surface area contributed by atoms with Gasteiger partial charge < -0.3 is 10.2 Å². The van der Waals surface area contributed by atoms with Crippen molar-refractivity contribution >= 4 is 29.3 Å². The second kappa shape index (κ2) is 6.20. The van der Waals surface area contributed by atoms with E-state index >= 15 is 0 Å². The number of thioether (sulfide) groups is 1. The number of amides is 1. The highest BCUT2D eigenvalue weighted by atomic mass is 35.5. The number of allylic oxidation sites excluding steroid dienone is 3. The normalized spacial score (nSPS) is 37.2. The summed E-state index contributed by atoms with van der Waals surface area (Å²) in [6.07, 6.45) is 7.05. The number of fused-ring (bicyclic) bond motifs is 4. The van der Waals surface area contributed by atoms with Gasteiger partial charge in [-0.3, -0.25) is 14.9 Å². The fourth-order valence-corrected chi connectivity index (χ4v) is 5.74. The number of nitro groups is 1. The van der Waals surface area contributed by atoms with Crippen LogP contribution in [0.1, 0.15) is 12.8 Å². The van der Waals surface area contributed by atoms with E-state index in [-0.39, 0.29) is 28.8 Å². The molecule has 0 aromatic rings. The smallest absolute Gasteiger partial charge is 0.266 e. The summed E-state index contributed by atoms with van der Waals surface area (Å²) in [5.41, 5.74) is 0.0623. The van der Waals surface area contributed by atoms with E-state index in [9.17, 15) is 14.9 Å². The molecule has 4 aliphatic heterocycles. The minimum Gasteiger partial charge on any atom is -0.347 e. The lowest BCUT2D eigenvalue weighted by atomic mass is 9.84. The molecular formula is C16H18ClN3O3S. The fraction of sp³-hybridized carbons (Fsp3) is 0.562. The zero-order valence-corrected chi connectivity index (χ0v) is 14.6. The summed E-state index contributed by atoms with van der Waals surface area (Å²) in [6.45, 7) is 3.15. The van der Waals surface area contributed by atoms with Crippen LogP contribution in [0.25, 0.3) is 0 Å². The summed E-state index contributed by atoms with van der Waals surface area (Å²) in [4.78, 5) is 26.1. The first kappa shape index (κ1) is 16.2. The standard InChI is InChI=1S/C16H18ClN3O3S/c17-14-11-2-1-10(20(22)23)7-13(11)24-15(14)16(21)18-12-8-19-5-3-9(12)4-6-19/h1-2,7,9,11-13H,3-6,8H2,(H,18,21)/t11?,12-,13?/m0/s1. The Labute approximate surface area is 149 Å². The Morgan fingerprint density at radius 2 is 2.17 bits per heavy atom. The molecule has 0 saturated carbocycles.